The van der Waals surface area contributed by atoms with Crippen molar-refractivity contribution in [3.63, 3.8) is 0 Å². The van der Waals surface area contributed by atoms with Crippen LogP contribution in [0.2, 0.25) is 0 Å². The smallest absolute Gasteiger partial charge is 0.0951 e. The fraction of sp³-hybridized carbons (Fsp3) is 0.733. The standard InChI is InChI=1S/C15H24N2O/c16-14(13-6-11-18-12-13)15(7-2-3-8-15)17-9-4-1-5-10-17/h6,11-12,14H,1-5,7-10,16H2. The third kappa shape index (κ3) is 1.99. The molecule has 0 radical (unpaired) electrons. The molecule has 0 aromatic carbocycles. The van der Waals surface area contributed by atoms with Gasteiger partial charge in [0.05, 0.1) is 18.6 Å². The van der Waals surface area contributed by atoms with Gasteiger partial charge in [0.25, 0.3) is 0 Å². The summed E-state index contributed by atoms with van der Waals surface area (Å²) in [7, 11) is 0. The maximum absolute atomic E-state index is 6.61. The number of nitrogens with two attached hydrogens (primary N) is 1. The second-order valence-electron chi connectivity index (χ2n) is 5.89. The first-order valence-corrected chi connectivity index (χ1v) is 7.36. The largest absolute Gasteiger partial charge is 0.472 e. The molecule has 2 fully saturated rings. The SMILES string of the molecule is NC(c1ccoc1)C1(N2CCCCC2)CCCC1. The van der Waals surface area contributed by atoms with Gasteiger partial charge in [0.2, 0.25) is 0 Å². The van der Waals surface area contributed by atoms with Crippen molar-refractivity contribution >= 4 is 0 Å². The minimum absolute atomic E-state index is 0.108. The van der Waals surface area contributed by atoms with E-state index in [4.69, 9.17) is 10.2 Å². The quantitative estimate of drug-likeness (QED) is 0.894. The zero-order valence-electron chi connectivity index (χ0n) is 11.1. The summed E-state index contributed by atoms with van der Waals surface area (Å²) in [5, 5.41) is 0. The molecule has 0 amide bonds. The van der Waals surface area contributed by atoms with E-state index in [2.05, 4.69) is 4.90 Å². The van der Waals surface area contributed by atoms with Crippen molar-refractivity contribution < 1.29 is 4.42 Å². The molecule has 18 heavy (non-hydrogen) atoms. The highest BCUT2D eigenvalue weighted by molar-refractivity contribution is 5.19. The Hall–Kier alpha value is -0.800. The molecule has 0 spiro atoms. The molecule has 1 saturated heterocycles. The summed E-state index contributed by atoms with van der Waals surface area (Å²) in [6.45, 7) is 2.46. The van der Waals surface area contributed by atoms with Crippen molar-refractivity contribution in [2.45, 2.75) is 56.5 Å². The number of rotatable bonds is 3. The van der Waals surface area contributed by atoms with Crippen molar-refractivity contribution in [3.8, 4) is 0 Å². The first-order chi connectivity index (χ1) is 8.83. The number of hydrogen-bond donors (Lipinski definition) is 1. The molecular formula is C15H24N2O. The third-order valence-electron chi connectivity index (χ3n) is 4.94. The Labute approximate surface area is 109 Å². The van der Waals surface area contributed by atoms with Crippen molar-refractivity contribution in [2.24, 2.45) is 5.73 Å². The first-order valence-electron chi connectivity index (χ1n) is 7.36. The van der Waals surface area contributed by atoms with Gasteiger partial charge in [0.15, 0.2) is 0 Å². The predicted octanol–water partition coefficient (Wildman–Crippen LogP) is 3.08. The average Bonchev–Trinajstić information content (AvgIpc) is 3.11. The molecule has 1 aromatic heterocycles. The number of likely N-dealkylation sites (tertiary alicyclic amines) is 1. The monoisotopic (exact) mass is 248 g/mol. The summed E-state index contributed by atoms with van der Waals surface area (Å²) in [6, 6.07) is 2.14. The van der Waals surface area contributed by atoms with E-state index in [1.54, 1.807) is 6.26 Å². The lowest BCUT2D eigenvalue weighted by Crippen LogP contribution is -2.55. The van der Waals surface area contributed by atoms with Crippen LogP contribution in [0.5, 0.6) is 0 Å². The van der Waals surface area contributed by atoms with Gasteiger partial charge in [-0.25, -0.2) is 0 Å². The molecule has 1 aliphatic carbocycles. The number of nitrogens with zero attached hydrogens (tertiary/aromatic N) is 1. The average molecular weight is 248 g/mol. The van der Waals surface area contributed by atoms with Crippen LogP contribution in [0.1, 0.15) is 56.6 Å². The van der Waals surface area contributed by atoms with Gasteiger partial charge < -0.3 is 10.2 Å². The molecule has 1 aliphatic heterocycles. The summed E-state index contributed by atoms with van der Waals surface area (Å²) in [5.74, 6) is 0. The van der Waals surface area contributed by atoms with E-state index in [0.29, 0.717) is 0 Å². The Morgan fingerprint density at radius 2 is 1.83 bits per heavy atom. The van der Waals surface area contributed by atoms with Crippen LogP contribution in [-0.2, 0) is 0 Å². The molecule has 0 bridgehead atoms. The lowest BCUT2D eigenvalue weighted by atomic mass is 9.82. The van der Waals surface area contributed by atoms with Gasteiger partial charge in [-0.1, -0.05) is 19.3 Å². The molecule has 1 unspecified atom stereocenters. The van der Waals surface area contributed by atoms with Crippen LogP contribution < -0.4 is 5.73 Å². The van der Waals surface area contributed by atoms with Gasteiger partial charge in [-0.2, -0.15) is 0 Å². The second kappa shape index (κ2) is 5.06. The molecule has 3 rings (SSSR count). The van der Waals surface area contributed by atoms with Crippen LogP contribution in [0.3, 0.4) is 0 Å². The fourth-order valence-electron chi connectivity index (χ4n) is 3.91. The molecule has 2 aliphatic rings. The molecule has 3 heteroatoms. The van der Waals surface area contributed by atoms with Gasteiger partial charge in [-0.3, -0.25) is 4.90 Å². The van der Waals surface area contributed by atoms with Crippen molar-refractivity contribution in [1.82, 2.24) is 4.90 Å². The zero-order chi connectivity index (χ0) is 12.4. The molecule has 2 N–H and O–H groups in total. The Morgan fingerprint density at radius 1 is 1.11 bits per heavy atom. The third-order valence-corrected chi connectivity index (χ3v) is 4.94. The van der Waals surface area contributed by atoms with Gasteiger partial charge in [-0.15, -0.1) is 0 Å². The van der Waals surface area contributed by atoms with Gasteiger partial charge in [0.1, 0.15) is 0 Å². The second-order valence-corrected chi connectivity index (χ2v) is 5.89. The molecule has 3 nitrogen and oxygen atoms in total. The van der Waals surface area contributed by atoms with E-state index in [1.807, 2.05) is 12.3 Å². The van der Waals surface area contributed by atoms with Crippen LogP contribution in [0.4, 0.5) is 0 Å². The molecule has 2 heterocycles. The Balaban J connectivity index is 1.86. The summed E-state index contributed by atoms with van der Waals surface area (Å²) in [4.78, 5) is 2.68. The van der Waals surface area contributed by atoms with Crippen LogP contribution in [-0.4, -0.2) is 23.5 Å². The molecule has 100 valence electrons. The fourth-order valence-corrected chi connectivity index (χ4v) is 3.91. The van der Waals surface area contributed by atoms with Crippen LogP contribution in [0, 0.1) is 0 Å². The Bertz CT molecular complexity index is 362. The highest BCUT2D eigenvalue weighted by Crippen LogP contribution is 2.44. The molecule has 1 atom stereocenters. The Morgan fingerprint density at radius 3 is 2.44 bits per heavy atom. The highest BCUT2D eigenvalue weighted by Gasteiger charge is 2.45. The summed E-state index contributed by atoms with van der Waals surface area (Å²) in [6.07, 6.45) is 12.8. The van der Waals surface area contributed by atoms with Gasteiger partial charge >= 0.3 is 0 Å². The lowest BCUT2D eigenvalue weighted by Gasteiger charge is -2.47. The van der Waals surface area contributed by atoms with E-state index in [-0.39, 0.29) is 11.6 Å². The maximum atomic E-state index is 6.61. The lowest BCUT2D eigenvalue weighted by molar-refractivity contribution is 0.0476. The van der Waals surface area contributed by atoms with Crippen LogP contribution in [0.15, 0.2) is 23.0 Å². The first kappa shape index (κ1) is 12.2. The van der Waals surface area contributed by atoms with Crippen molar-refractivity contribution in [3.05, 3.63) is 24.2 Å². The van der Waals surface area contributed by atoms with Crippen molar-refractivity contribution in [2.75, 3.05) is 13.1 Å². The minimum atomic E-state index is 0.108. The summed E-state index contributed by atoms with van der Waals surface area (Å²) < 4.78 is 5.23. The summed E-state index contributed by atoms with van der Waals surface area (Å²) >= 11 is 0. The van der Waals surface area contributed by atoms with Gasteiger partial charge in [-0.05, 0) is 44.8 Å². The van der Waals surface area contributed by atoms with E-state index < -0.39 is 0 Å². The number of piperidine rings is 1. The topological polar surface area (TPSA) is 42.4 Å². The molecular weight excluding hydrogens is 224 g/mol. The number of hydrogen-bond acceptors (Lipinski definition) is 3. The van der Waals surface area contributed by atoms with Crippen molar-refractivity contribution in [1.29, 1.82) is 0 Å². The molecule has 1 aromatic rings. The molecule has 1 saturated carbocycles. The normalized spacial score (nSPS) is 26.3. The van der Waals surface area contributed by atoms with Crippen LogP contribution in [0.25, 0.3) is 0 Å². The minimum Gasteiger partial charge on any atom is -0.472 e. The maximum Gasteiger partial charge on any atom is 0.0951 e. The van der Waals surface area contributed by atoms with Crippen LogP contribution >= 0.6 is 0 Å². The van der Waals surface area contributed by atoms with E-state index in [0.717, 1.165) is 0 Å². The number of furan rings is 1. The zero-order valence-corrected chi connectivity index (χ0v) is 11.1. The summed E-state index contributed by atoms with van der Waals surface area (Å²) in [5.41, 5.74) is 7.98. The van der Waals surface area contributed by atoms with Gasteiger partial charge in [0, 0.05) is 11.1 Å². The Kier molecular flexibility index (Phi) is 3.44. The van der Waals surface area contributed by atoms with E-state index in [9.17, 15) is 0 Å². The van der Waals surface area contributed by atoms with E-state index >= 15 is 0 Å². The van der Waals surface area contributed by atoms with E-state index in [1.165, 1.54) is 63.6 Å². The highest BCUT2D eigenvalue weighted by atomic mass is 16.3. The predicted molar refractivity (Wildman–Crippen MR) is 72.3 cm³/mol.